The van der Waals surface area contributed by atoms with Crippen molar-refractivity contribution < 1.29 is 9.53 Å². The van der Waals surface area contributed by atoms with Crippen LogP contribution in [0.3, 0.4) is 0 Å². The van der Waals surface area contributed by atoms with Crippen molar-refractivity contribution in [1.82, 2.24) is 4.90 Å². The molecule has 0 radical (unpaired) electrons. The Kier molecular flexibility index (Phi) is 6.03. The second-order valence-corrected chi connectivity index (χ2v) is 5.50. The lowest BCUT2D eigenvalue weighted by atomic mass is 9.95. The molecular formula is C16H25NO2. The summed E-state index contributed by atoms with van der Waals surface area (Å²) >= 11 is 0. The number of benzene rings is 1. The standard InChI is InChI=1S/C16H25NO2/c1-12(2)15(16(18)19-5)11-17(4)10-14-9-7-6-8-13(14)3/h6-9,12,15H,10-11H2,1-5H3. The number of aryl methyl sites for hydroxylation is 1. The minimum Gasteiger partial charge on any atom is -0.469 e. The van der Waals surface area contributed by atoms with Gasteiger partial charge in [-0.1, -0.05) is 38.1 Å². The van der Waals surface area contributed by atoms with E-state index in [1.54, 1.807) is 0 Å². The molecule has 1 rings (SSSR count). The number of nitrogens with zero attached hydrogens (tertiary/aromatic N) is 1. The third-order valence-electron chi connectivity index (χ3n) is 3.52. The third kappa shape index (κ3) is 4.67. The summed E-state index contributed by atoms with van der Waals surface area (Å²) in [5.41, 5.74) is 2.59. The average Bonchev–Trinajstić information content (AvgIpc) is 2.37. The number of carbonyl (C=O) groups is 1. The lowest BCUT2D eigenvalue weighted by molar-refractivity contribution is -0.147. The zero-order valence-electron chi connectivity index (χ0n) is 12.6. The molecule has 0 aliphatic rings. The van der Waals surface area contributed by atoms with Crippen molar-refractivity contribution in [2.45, 2.75) is 27.3 Å². The van der Waals surface area contributed by atoms with Crippen LogP contribution in [-0.4, -0.2) is 31.6 Å². The van der Waals surface area contributed by atoms with E-state index in [4.69, 9.17) is 4.74 Å². The molecule has 19 heavy (non-hydrogen) atoms. The van der Waals surface area contributed by atoms with Crippen LogP contribution in [-0.2, 0) is 16.1 Å². The molecule has 3 heteroatoms. The van der Waals surface area contributed by atoms with Crippen molar-refractivity contribution in [3.05, 3.63) is 35.4 Å². The van der Waals surface area contributed by atoms with Gasteiger partial charge in [0.25, 0.3) is 0 Å². The molecule has 3 nitrogen and oxygen atoms in total. The molecule has 0 aromatic heterocycles. The van der Waals surface area contributed by atoms with Crippen LogP contribution < -0.4 is 0 Å². The summed E-state index contributed by atoms with van der Waals surface area (Å²) in [6, 6.07) is 8.35. The molecule has 0 bridgehead atoms. The van der Waals surface area contributed by atoms with Crippen LogP contribution in [0.4, 0.5) is 0 Å². The normalized spacial score (nSPS) is 12.8. The van der Waals surface area contributed by atoms with E-state index < -0.39 is 0 Å². The second-order valence-electron chi connectivity index (χ2n) is 5.50. The molecule has 0 aliphatic heterocycles. The molecule has 1 atom stereocenters. The largest absolute Gasteiger partial charge is 0.469 e. The Morgan fingerprint density at radius 1 is 1.32 bits per heavy atom. The summed E-state index contributed by atoms with van der Waals surface area (Å²) in [7, 11) is 3.50. The van der Waals surface area contributed by atoms with E-state index in [-0.39, 0.29) is 17.8 Å². The van der Waals surface area contributed by atoms with E-state index in [2.05, 4.69) is 43.9 Å². The fraction of sp³-hybridized carbons (Fsp3) is 0.562. The highest BCUT2D eigenvalue weighted by Crippen LogP contribution is 2.16. The molecule has 0 saturated carbocycles. The highest BCUT2D eigenvalue weighted by molar-refractivity contribution is 5.72. The number of esters is 1. The van der Waals surface area contributed by atoms with Crippen LogP contribution in [0.5, 0.6) is 0 Å². The topological polar surface area (TPSA) is 29.5 Å². The summed E-state index contributed by atoms with van der Waals surface area (Å²) in [6.07, 6.45) is 0. The lowest BCUT2D eigenvalue weighted by Gasteiger charge is -2.25. The number of hydrogen-bond acceptors (Lipinski definition) is 3. The highest BCUT2D eigenvalue weighted by atomic mass is 16.5. The molecule has 0 spiro atoms. The first-order valence-corrected chi connectivity index (χ1v) is 6.76. The number of carbonyl (C=O) groups excluding carboxylic acids is 1. The summed E-state index contributed by atoms with van der Waals surface area (Å²) in [6.45, 7) is 7.81. The van der Waals surface area contributed by atoms with Crippen LogP contribution in [0, 0.1) is 18.8 Å². The van der Waals surface area contributed by atoms with E-state index >= 15 is 0 Å². The monoisotopic (exact) mass is 263 g/mol. The van der Waals surface area contributed by atoms with Crippen molar-refractivity contribution in [3.8, 4) is 0 Å². The van der Waals surface area contributed by atoms with Gasteiger partial charge in [0.15, 0.2) is 0 Å². The van der Waals surface area contributed by atoms with Crippen molar-refractivity contribution in [1.29, 1.82) is 0 Å². The number of methoxy groups -OCH3 is 1. The third-order valence-corrected chi connectivity index (χ3v) is 3.52. The second kappa shape index (κ2) is 7.29. The minimum atomic E-state index is -0.119. The van der Waals surface area contributed by atoms with Gasteiger partial charge >= 0.3 is 5.97 Å². The van der Waals surface area contributed by atoms with Gasteiger partial charge in [0.1, 0.15) is 0 Å². The average molecular weight is 263 g/mol. The maximum atomic E-state index is 11.8. The first-order valence-electron chi connectivity index (χ1n) is 6.76. The molecule has 1 unspecified atom stereocenters. The molecule has 106 valence electrons. The number of ether oxygens (including phenoxy) is 1. The van der Waals surface area contributed by atoms with Crippen LogP contribution in [0.1, 0.15) is 25.0 Å². The predicted molar refractivity (Wildman–Crippen MR) is 77.9 cm³/mol. The van der Waals surface area contributed by atoms with Gasteiger partial charge in [-0.3, -0.25) is 4.79 Å². The first kappa shape index (κ1) is 15.7. The SMILES string of the molecule is COC(=O)C(CN(C)Cc1ccccc1C)C(C)C. The fourth-order valence-corrected chi connectivity index (χ4v) is 2.19. The number of hydrogen-bond donors (Lipinski definition) is 0. The Hall–Kier alpha value is -1.35. The van der Waals surface area contributed by atoms with Gasteiger partial charge in [-0.25, -0.2) is 0 Å². The van der Waals surface area contributed by atoms with Gasteiger partial charge in [0.05, 0.1) is 13.0 Å². The molecule has 0 fully saturated rings. The first-order chi connectivity index (χ1) is 8.95. The Morgan fingerprint density at radius 2 is 1.95 bits per heavy atom. The van der Waals surface area contributed by atoms with Crippen LogP contribution >= 0.6 is 0 Å². The Morgan fingerprint density at radius 3 is 2.47 bits per heavy atom. The van der Waals surface area contributed by atoms with Crippen LogP contribution in [0.15, 0.2) is 24.3 Å². The summed E-state index contributed by atoms with van der Waals surface area (Å²) in [5.74, 6) is 0.0948. The quantitative estimate of drug-likeness (QED) is 0.739. The van der Waals surface area contributed by atoms with Crippen molar-refractivity contribution in [2.75, 3.05) is 20.7 Å². The fourth-order valence-electron chi connectivity index (χ4n) is 2.19. The van der Waals surface area contributed by atoms with E-state index in [0.29, 0.717) is 0 Å². The van der Waals surface area contributed by atoms with E-state index in [0.717, 1.165) is 13.1 Å². The van der Waals surface area contributed by atoms with Crippen LogP contribution in [0.25, 0.3) is 0 Å². The number of rotatable bonds is 6. The van der Waals surface area contributed by atoms with Crippen molar-refractivity contribution in [2.24, 2.45) is 11.8 Å². The highest BCUT2D eigenvalue weighted by Gasteiger charge is 2.24. The smallest absolute Gasteiger partial charge is 0.310 e. The molecule has 1 aromatic carbocycles. The zero-order valence-corrected chi connectivity index (χ0v) is 12.6. The van der Waals surface area contributed by atoms with Crippen LogP contribution in [0.2, 0.25) is 0 Å². The summed E-state index contributed by atoms with van der Waals surface area (Å²) in [4.78, 5) is 13.9. The van der Waals surface area contributed by atoms with E-state index in [9.17, 15) is 4.79 Å². The summed E-state index contributed by atoms with van der Waals surface area (Å²) < 4.78 is 4.88. The Bertz CT molecular complexity index is 415. The van der Waals surface area contributed by atoms with Crippen molar-refractivity contribution in [3.63, 3.8) is 0 Å². The molecular weight excluding hydrogens is 238 g/mol. The van der Waals surface area contributed by atoms with E-state index in [1.807, 2.05) is 13.1 Å². The Balaban J connectivity index is 2.65. The van der Waals surface area contributed by atoms with Gasteiger partial charge in [-0.05, 0) is 31.0 Å². The lowest BCUT2D eigenvalue weighted by Crippen LogP contribution is -2.34. The maximum Gasteiger partial charge on any atom is 0.310 e. The Labute approximate surface area is 116 Å². The maximum absolute atomic E-state index is 11.8. The molecule has 0 N–H and O–H groups in total. The van der Waals surface area contributed by atoms with Gasteiger partial charge in [0, 0.05) is 13.1 Å². The molecule has 0 heterocycles. The van der Waals surface area contributed by atoms with Gasteiger partial charge < -0.3 is 9.64 Å². The van der Waals surface area contributed by atoms with Crippen molar-refractivity contribution >= 4 is 5.97 Å². The predicted octanol–water partition coefficient (Wildman–Crippen LogP) is 2.87. The van der Waals surface area contributed by atoms with Gasteiger partial charge in [-0.15, -0.1) is 0 Å². The minimum absolute atomic E-state index is 0.0704. The van der Waals surface area contributed by atoms with E-state index in [1.165, 1.54) is 18.2 Å². The van der Waals surface area contributed by atoms with Gasteiger partial charge in [0.2, 0.25) is 0 Å². The molecule has 1 aromatic rings. The molecule has 0 amide bonds. The summed E-state index contributed by atoms with van der Waals surface area (Å²) in [5, 5.41) is 0. The molecule has 0 aliphatic carbocycles. The zero-order chi connectivity index (χ0) is 14.4. The van der Waals surface area contributed by atoms with Gasteiger partial charge in [-0.2, -0.15) is 0 Å². The molecule has 0 saturated heterocycles.